The van der Waals surface area contributed by atoms with Crippen LogP contribution in [0.4, 0.5) is 0 Å². The molecule has 0 atom stereocenters. The van der Waals surface area contributed by atoms with E-state index in [0.29, 0.717) is 0 Å². The lowest BCUT2D eigenvalue weighted by Gasteiger charge is -2.21. The number of hydrogen-bond acceptors (Lipinski definition) is 3. The smallest absolute Gasteiger partial charge is 0.292 e. The van der Waals surface area contributed by atoms with E-state index >= 15 is 0 Å². The van der Waals surface area contributed by atoms with Gasteiger partial charge >= 0.3 is 7.75 Å². The van der Waals surface area contributed by atoms with Gasteiger partial charge in [0.25, 0.3) is 0 Å². The molecule has 0 aliphatic carbocycles. The first kappa shape index (κ1) is 16.9. The lowest BCUT2D eigenvalue weighted by Crippen LogP contribution is -2.22. The maximum atomic E-state index is 12.8. The fraction of sp³-hybridized carbons (Fsp3) is 0.294. The van der Waals surface area contributed by atoms with Crippen molar-refractivity contribution in [1.29, 1.82) is 0 Å². The molecule has 0 heterocycles. The molecule has 0 fully saturated rings. The van der Waals surface area contributed by atoms with Crippen molar-refractivity contribution in [1.82, 2.24) is 5.09 Å². The summed E-state index contributed by atoms with van der Waals surface area (Å²) in [5.74, 6) is 0. The Bertz CT molecular complexity index is 554. The third-order valence-corrected chi connectivity index (χ3v) is 4.67. The second kappa shape index (κ2) is 8.25. The van der Waals surface area contributed by atoms with Crippen LogP contribution in [0.1, 0.15) is 25.0 Å². The molecule has 2 aromatic carbocycles. The summed E-state index contributed by atoms with van der Waals surface area (Å²) in [5, 5.41) is 2.91. The quantitative estimate of drug-likeness (QED) is 0.726. The molecule has 0 aliphatic heterocycles. The molecule has 22 heavy (non-hydrogen) atoms. The Labute approximate surface area is 132 Å². The van der Waals surface area contributed by atoms with Gasteiger partial charge in [0.2, 0.25) is 0 Å². The molecule has 0 aromatic heterocycles. The Morgan fingerprint density at radius 3 is 1.64 bits per heavy atom. The average molecular weight is 319 g/mol. The lowest BCUT2D eigenvalue weighted by atomic mass is 10.2. The molecule has 0 saturated carbocycles. The molecule has 0 saturated heterocycles. The zero-order chi connectivity index (χ0) is 15.8. The minimum atomic E-state index is -3.36. The van der Waals surface area contributed by atoms with Crippen LogP contribution < -0.4 is 5.09 Å². The standard InChI is InChI=1S/C17H22NO3P/c1-15(2)18-22(19,20-13-16-9-5-3-6-10-16)21-14-17-11-7-4-8-12-17/h3-12,15H,13-14H2,1-2H3,(H,18,19). The van der Waals surface area contributed by atoms with Crippen molar-refractivity contribution in [2.75, 3.05) is 0 Å². The van der Waals surface area contributed by atoms with Crippen LogP contribution in [-0.2, 0) is 26.8 Å². The Kier molecular flexibility index (Phi) is 6.34. The Morgan fingerprint density at radius 2 is 1.27 bits per heavy atom. The molecule has 0 radical (unpaired) electrons. The summed E-state index contributed by atoms with van der Waals surface area (Å²) < 4.78 is 24.0. The van der Waals surface area contributed by atoms with Crippen molar-refractivity contribution in [3.05, 3.63) is 71.8 Å². The first-order valence-corrected chi connectivity index (χ1v) is 8.86. The molecular formula is C17H22NO3P. The predicted octanol–water partition coefficient (Wildman–Crippen LogP) is 4.53. The second-order valence-electron chi connectivity index (χ2n) is 5.30. The molecule has 2 rings (SSSR count). The highest BCUT2D eigenvalue weighted by atomic mass is 31.2. The lowest BCUT2D eigenvalue weighted by molar-refractivity contribution is 0.180. The molecule has 0 bridgehead atoms. The molecule has 4 nitrogen and oxygen atoms in total. The summed E-state index contributed by atoms with van der Waals surface area (Å²) in [6.45, 7) is 4.30. The van der Waals surface area contributed by atoms with E-state index in [2.05, 4.69) is 5.09 Å². The van der Waals surface area contributed by atoms with Crippen LogP contribution in [0.15, 0.2) is 60.7 Å². The highest BCUT2D eigenvalue weighted by molar-refractivity contribution is 7.51. The highest BCUT2D eigenvalue weighted by Gasteiger charge is 2.25. The summed E-state index contributed by atoms with van der Waals surface area (Å²) in [4.78, 5) is 0. The minimum absolute atomic E-state index is 0.00243. The zero-order valence-electron chi connectivity index (χ0n) is 12.9. The van der Waals surface area contributed by atoms with E-state index in [9.17, 15) is 4.57 Å². The second-order valence-corrected chi connectivity index (χ2v) is 7.07. The van der Waals surface area contributed by atoms with Gasteiger partial charge in [0.1, 0.15) is 0 Å². The van der Waals surface area contributed by atoms with Gasteiger partial charge < -0.3 is 0 Å². The summed E-state index contributed by atoms with van der Waals surface area (Å²) in [5.41, 5.74) is 1.91. The Hall–Kier alpha value is -1.45. The van der Waals surface area contributed by atoms with E-state index in [1.165, 1.54) is 0 Å². The molecule has 0 aliphatic rings. The van der Waals surface area contributed by atoms with Gasteiger partial charge in [-0.2, -0.15) is 0 Å². The highest BCUT2D eigenvalue weighted by Crippen LogP contribution is 2.46. The molecule has 118 valence electrons. The maximum absolute atomic E-state index is 12.8. The molecule has 0 unspecified atom stereocenters. The van der Waals surface area contributed by atoms with Crippen molar-refractivity contribution in [2.24, 2.45) is 0 Å². The van der Waals surface area contributed by atoms with Gasteiger partial charge in [-0.05, 0) is 25.0 Å². The van der Waals surface area contributed by atoms with Gasteiger partial charge in [-0.15, -0.1) is 0 Å². The van der Waals surface area contributed by atoms with Crippen LogP contribution in [0, 0.1) is 0 Å². The maximum Gasteiger partial charge on any atom is 0.406 e. The SMILES string of the molecule is CC(C)NP(=O)(OCc1ccccc1)OCc1ccccc1. The van der Waals surface area contributed by atoms with Gasteiger partial charge in [0.05, 0.1) is 13.2 Å². The van der Waals surface area contributed by atoms with E-state index in [0.717, 1.165) is 11.1 Å². The molecule has 0 spiro atoms. The van der Waals surface area contributed by atoms with Crippen LogP contribution >= 0.6 is 7.75 Å². The molecule has 1 N–H and O–H groups in total. The van der Waals surface area contributed by atoms with Gasteiger partial charge in [-0.3, -0.25) is 9.05 Å². The monoisotopic (exact) mass is 319 g/mol. The number of nitrogens with one attached hydrogen (secondary N) is 1. The minimum Gasteiger partial charge on any atom is -0.292 e. The van der Waals surface area contributed by atoms with Gasteiger partial charge in [0.15, 0.2) is 0 Å². The Morgan fingerprint density at radius 1 is 0.864 bits per heavy atom. The van der Waals surface area contributed by atoms with Crippen molar-refractivity contribution < 1.29 is 13.6 Å². The summed E-state index contributed by atoms with van der Waals surface area (Å²) in [7, 11) is -3.36. The van der Waals surface area contributed by atoms with Gasteiger partial charge in [-0.1, -0.05) is 60.7 Å². The van der Waals surface area contributed by atoms with Gasteiger partial charge in [0, 0.05) is 6.04 Å². The van der Waals surface area contributed by atoms with Crippen molar-refractivity contribution in [2.45, 2.75) is 33.1 Å². The third kappa shape index (κ3) is 5.74. The summed E-state index contributed by atoms with van der Waals surface area (Å²) >= 11 is 0. The van der Waals surface area contributed by atoms with Crippen molar-refractivity contribution in [3.8, 4) is 0 Å². The molecule has 2 aromatic rings. The topological polar surface area (TPSA) is 47.6 Å². The predicted molar refractivity (Wildman–Crippen MR) is 88.3 cm³/mol. The normalized spacial score (nSPS) is 11.8. The van der Waals surface area contributed by atoms with E-state index in [1.807, 2.05) is 74.5 Å². The summed E-state index contributed by atoms with van der Waals surface area (Å²) in [6.07, 6.45) is 0. The van der Waals surface area contributed by atoms with Crippen molar-refractivity contribution in [3.63, 3.8) is 0 Å². The molecule has 0 amide bonds. The van der Waals surface area contributed by atoms with Crippen LogP contribution in [0.5, 0.6) is 0 Å². The first-order valence-electron chi connectivity index (χ1n) is 7.32. The fourth-order valence-corrected chi connectivity index (χ4v) is 3.39. The third-order valence-electron chi connectivity index (χ3n) is 2.90. The fourth-order valence-electron chi connectivity index (χ4n) is 1.90. The largest absolute Gasteiger partial charge is 0.406 e. The number of hydrogen-bond donors (Lipinski definition) is 1. The summed E-state index contributed by atoms with van der Waals surface area (Å²) in [6, 6.07) is 19.3. The number of benzene rings is 2. The van der Waals surface area contributed by atoms with Crippen LogP contribution in [0.25, 0.3) is 0 Å². The van der Waals surface area contributed by atoms with Crippen LogP contribution in [-0.4, -0.2) is 6.04 Å². The van der Waals surface area contributed by atoms with E-state index in [-0.39, 0.29) is 19.3 Å². The van der Waals surface area contributed by atoms with E-state index < -0.39 is 7.75 Å². The van der Waals surface area contributed by atoms with Crippen LogP contribution in [0.2, 0.25) is 0 Å². The van der Waals surface area contributed by atoms with E-state index in [4.69, 9.17) is 9.05 Å². The first-order chi connectivity index (χ1) is 10.6. The van der Waals surface area contributed by atoms with E-state index in [1.54, 1.807) is 0 Å². The van der Waals surface area contributed by atoms with Crippen molar-refractivity contribution >= 4 is 7.75 Å². The van der Waals surface area contributed by atoms with Crippen LogP contribution in [0.3, 0.4) is 0 Å². The Balaban J connectivity index is 1.98. The zero-order valence-corrected chi connectivity index (χ0v) is 13.8. The average Bonchev–Trinajstić information content (AvgIpc) is 2.53. The molecule has 5 heteroatoms. The van der Waals surface area contributed by atoms with Gasteiger partial charge in [-0.25, -0.2) is 9.65 Å². The number of rotatable bonds is 8. The molecular weight excluding hydrogens is 297 g/mol.